The van der Waals surface area contributed by atoms with E-state index in [1.165, 1.54) is 18.2 Å². The summed E-state index contributed by atoms with van der Waals surface area (Å²) in [6, 6.07) is 21.3. The molecule has 3 aromatic rings. The lowest BCUT2D eigenvalue weighted by Crippen LogP contribution is -2.45. The first kappa shape index (κ1) is 22.5. The van der Waals surface area contributed by atoms with E-state index in [-0.39, 0.29) is 16.9 Å². The van der Waals surface area contributed by atoms with E-state index in [2.05, 4.69) is 16.0 Å². The molecule has 0 aliphatic carbocycles. The third-order valence-electron chi connectivity index (χ3n) is 5.27. The van der Waals surface area contributed by atoms with Crippen LogP contribution < -0.4 is 20.7 Å². The van der Waals surface area contributed by atoms with Gasteiger partial charge in [-0.25, -0.2) is 4.79 Å². The number of urea groups is 1. The minimum absolute atomic E-state index is 0.140. The summed E-state index contributed by atoms with van der Waals surface area (Å²) in [4.78, 5) is 35.9. The molecule has 1 heterocycles. The van der Waals surface area contributed by atoms with E-state index in [0.717, 1.165) is 5.56 Å². The number of non-ortho nitro benzene ring substituents is 1. The molecule has 0 aromatic heterocycles. The van der Waals surface area contributed by atoms with Crippen molar-refractivity contribution in [1.82, 2.24) is 10.6 Å². The molecule has 0 spiro atoms. The van der Waals surface area contributed by atoms with Gasteiger partial charge in [-0.05, 0) is 36.2 Å². The highest BCUT2D eigenvalue weighted by atomic mass is 16.6. The van der Waals surface area contributed by atoms with Gasteiger partial charge in [0, 0.05) is 23.5 Å². The third-order valence-corrected chi connectivity index (χ3v) is 5.27. The van der Waals surface area contributed by atoms with Gasteiger partial charge in [0.2, 0.25) is 0 Å². The smallest absolute Gasteiger partial charge is 0.319 e. The molecule has 0 radical (unpaired) electrons. The molecule has 0 unspecified atom stereocenters. The van der Waals surface area contributed by atoms with Gasteiger partial charge in [-0.3, -0.25) is 14.9 Å². The molecule has 0 saturated heterocycles. The van der Waals surface area contributed by atoms with Gasteiger partial charge in [0.15, 0.2) is 0 Å². The lowest BCUT2D eigenvalue weighted by atomic mass is 9.94. The summed E-state index contributed by atoms with van der Waals surface area (Å²) in [5.74, 6) is 0.0938. The van der Waals surface area contributed by atoms with Crippen molar-refractivity contribution >= 4 is 23.3 Å². The number of benzene rings is 3. The Morgan fingerprint density at radius 1 is 1.06 bits per heavy atom. The van der Waals surface area contributed by atoms with Gasteiger partial charge in [-0.15, -0.1) is 0 Å². The monoisotopic (exact) mass is 458 g/mol. The molecule has 3 aromatic carbocycles. The number of allylic oxidation sites excluding steroid dienone is 1. The molecule has 0 saturated carbocycles. The van der Waals surface area contributed by atoms with Gasteiger partial charge >= 0.3 is 6.03 Å². The number of anilines is 1. The molecule has 0 bridgehead atoms. The van der Waals surface area contributed by atoms with E-state index >= 15 is 0 Å². The molecule has 172 valence electrons. The van der Waals surface area contributed by atoms with Gasteiger partial charge in [-0.1, -0.05) is 48.5 Å². The summed E-state index contributed by atoms with van der Waals surface area (Å²) in [6.07, 6.45) is 0. The Labute approximate surface area is 195 Å². The number of hydrogen-bond donors (Lipinski definition) is 3. The molecule has 0 fully saturated rings. The molecule has 3 amide bonds. The molecule has 1 aliphatic heterocycles. The number of hydrogen-bond acceptors (Lipinski definition) is 5. The maximum absolute atomic E-state index is 13.2. The highest BCUT2D eigenvalue weighted by molar-refractivity contribution is 6.06. The predicted octanol–water partition coefficient (Wildman–Crippen LogP) is 4.44. The maximum atomic E-state index is 13.2. The SMILES string of the molecule is CC1=C(C(=O)Nc2cccc([N+](=O)[O-])c2)[C@@H](c2cccc(OCc3ccccc3)c2)NC(=O)N1. The fourth-order valence-corrected chi connectivity index (χ4v) is 3.67. The molecule has 1 aliphatic rings. The minimum Gasteiger partial charge on any atom is -0.489 e. The zero-order valence-electron chi connectivity index (χ0n) is 18.3. The summed E-state index contributed by atoms with van der Waals surface area (Å²) >= 11 is 0. The number of nitrogens with one attached hydrogen (secondary N) is 3. The Hall–Kier alpha value is -4.66. The van der Waals surface area contributed by atoms with Crippen LogP contribution in [0.5, 0.6) is 5.75 Å². The van der Waals surface area contributed by atoms with Gasteiger partial charge in [-0.2, -0.15) is 0 Å². The maximum Gasteiger partial charge on any atom is 0.319 e. The van der Waals surface area contributed by atoms with Crippen LogP contribution in [0.25, 0.3) is 0 Å². The largest absolute Gasteiger partial charge is 0.489 e. The Balaban J connectivity index is 1.58. The van der Waals surface area contributed by atoms with Crippen LogP contribution in [0, 0.1) is 10.1 Å². The third kappa shape index (κ3) is 5.21. The summed E-state index contributed by atoms with van der Waals surface area (Å²) < 4.78 is 5.90. The van der Waals surface area contributed by atoms with Crippen LogP contribution in [0.3, 0.4) is 0 Å². The van der Waals surface area contributed by atoms with Crippen molar-refractivity contribution in [3.05, 3.63) is 111 Å². The normalized spacial score (nSPS) is 15.2. The molecular formula is C25H22N4O5. The lowest BCUT2D eigenvalue weighted by molar-refractivity contribution is -0.384. The van der Waals surface area contributed by atoms with Gasteiger partial charge in [0.1, 0.15) is 12.4 Å². The second kappa shape index (κ2) is 9.86. The molecule has 1 atom stereocenters. The number of carbonyl (C=O) groups excluding carboxylic acids is 2. The van der Waals surface area contributed by atoms with E-state index in [0.29, 0.717) is 23.6 Å². The van der Waals surface area contributed by atoms with Crippen molar-refractivity contribution in [2.24, 2.45) is 0 Å². The van der Waals surface area contributed by atoms with Crippen LogP contribution in [0.2, 0.25) is 0 Å². The number of carbonyl (C=O) groups is 2. The molecule has 4 rings (SSSR count). The number of rotatable bonds is 7. The van der Waals surface area contributed by atoms with E-state index in [1.54, 1.807) is 37.3 Å². The van der Waals surface area contributed by atoms with Crippen LogP contribution >= 0.6 is 0 Å². The quantitative estimate of drug-likeness (QED) is 0.357. The Kier molecular flexibility index (Phi) is 6.54. The Morgan fingerprint density at radius 3 is 2.59 bits per heavy atom. The Morgan fingerprint density at radius 2 is 1.82 bits per heavy atom. The van der Waals surface area contributed by atoms with Crippen molar-refractivity contribution in [3.63, 3.8) is 0 Å². The highest BCUT2D eigenvalue weighted by Gasteiger charge is 2.31. The molecule has 34 heavy (non-hydrogen) atoms. The van der Waals surface area contributed by atoms with Gasteiger partial charge in [0.05, 0.1) is 16.5 Å². The van der Waals surface area contributed by atoms with Crippen molar-refractivity contribution in [2.75, 3.05) is 5.32 Å². The van der Waals surface area contributed by atoms with Gasteiger partial charge in [0.25, 0.3) is 11.6 Å². The van der Waals surface area contributed by atoms with Crippen molar-refractivity contribution in [2.45, 2.75) is 19.6 Å². The molecule has 9 nitrogen and oxygen atoms in total. The van der Waals surface area contributed by atoms with E-state index in [4.69, 9.17) is 4.74 Å². The van der Waals surface area contributed by atoms with Crippen LogP contribution in [0.4, 0.5) is 16.2 Å². The van der Waals surface area contributed by atoms with Crippen molar-refractivity contribution in [1.29, 1.82) is 0 Å². The number of nitrogens with zero attached hydrogens (tertiary/aromatic N) is 1. The molecular weight excluding hydrogens is 436 g/mol. The average Bonchev–Trinajstić information content (AvgIpc) is 2.83. The first-order valence-electron chi connectivity index (χ1n) is 10.5. The number of amides is 3. The average molecular weight is 458 g/mol. The van der Waals surface area contributed by atoms with Gasteiger partial charge < -0.3 is 20.7 Å². The standard InChI is InChI=1S/C25H22N4O5/c1-16-22(24(30)27-19-10-6-11-20(14-19)29(32)33)23(28-25(31)26-16)18-9-5-12-21(13-18)34-15-17-7-3-2-4-8-17/h2-14,23H,15H2,1H3,(H,27,30)(H2,26,28,31)/t23-/m1/s1. The second-order valence-corrected chi connectivity index (χ2v) is 7.68. The summed E-state index contributed by atoms with van der Waals surface area (Å²) in [5, 5.41) is 19.1. The topological polar surface area (TPSA) is 123 Å². The highest BCUT2D eigenvalue weighted by Crippen LogP contribution is 2.30. The summed E-state index contributed by atoms with van der Waals surface area (Å²) in [7, 11) is 0. The predicted molar refractivity (Wildman–Crippen MR) is 126 cm³/mol. The fraction of sp³-hybridized carbons (Fsp3) is 0.120. The Bertz CT molecular complexity index is 1270. The minimum atomic E-state index is -0.743. The first-order chi connectivity index (χ1) is 16.4. The van der Waals surface area contributed by atoms with Crippen molar-refractivity contribution in [3.8, 4) is 5.75 Å². The number of nitro benzene ring substituents is 1. The zero-order valence-corrected chi connectivity index (χ0v) is 18.3. The van der Waals surface area contributed by atoms with Crippen LogP contribution in [-0.4, -0.2) is 16.9 Å². The van der Waals surface area contributed by atoms with Crippen LogP contribution in [0.1, 0.15) is 24.1 Å². The van der Waals surface area contributed by atoms with E-state index < -0.39 is 22.9 Å². The first-order valence-corrected chi connectivity index (χ1v) is 10.5. The fourth-order valence-electron chi connectivity index (χ4n) is 3.67. The van der Waals surface area contributed by atoms with E-state index in [1.807, 2.05) is 30.3 Å². The lowest BCUT2D eigenvalue weighted by Gasteiger charge is -2.29. The summed E-state index contributed by atoms with van der Waals surface area (Å²) in [5.41, 5.74) is 2.46. The zero-order chi connectivity index (χ0) is 24.1. The van der Waals surface area contributed by atoms with Crippen LogP contribution in [0.15, 0.2) is 90.1 Å². The molecule has 9 heteroatoms. The molecule has 3 N–H and O–H groups in total. The van der Waals surface area contributed by atoms with E-state index in [9.17, 15) is 19.7 Å². The summed E-state index contributed by atoms with van der Waals surface area (Å²) in [6.45, 7) is 2.00. The van der Waals surface area contributed by atoms with Crippen molar-refractivity contribution < 1.29 is 19.2 Å². The van der Waals surface area contributed by atoms with Crippen LogP contribution in [-0.2, 0) is 11.4 Å². The number of nitro groups is 1. The second-order valence-electron chi connectivity index (χ2n) is 7.68. The number of ether oxygens (including phenoxy) is 1.